The Morgan fingerprint density at radius 2 is 1.92 bits per heavy atom. The number of nitrogens with zero attached hydrogens (tertiary/aromatic N) is 2. The van der Waals surface area contributed by atoms with Crippen LogP contribution in [0.25, 0.3) is 11.5 Å². The molecule has 3 rings (SSSR count). The van der Waals surface area contributed by atoms with E-state index in [0.29, 0.717) is 17.2 Å². The molecule has 0 aliphatic carbocycles. The zero-order valence-electron chi connectivity index (χ0n) is 13.3. The lowest BCUT2D eigenvalue weighted by Gasteiger charge is -2.12. The quantitative estimate of drug-likeness (QED) is 0.694. The summed E-state index contributed by atoms with van der Waals surface area (Å²) in [5, 5.41) is 9.83. The van der Waals surface area contributed by atoms with Crippen molar-refractivity contribution < 1.29 is 27.5 Å². The van der Waals surface area contributed by atoms with Crippen LogP contribution in [0.3, 0.4) is 0 Å². The van der Waals surface area contributed by atoms with E-state index in [0.717, 1.165) is 0 Å². The smallest absolute Gasteiger partial charge is 0.387 e. The fourth-order valence-electron chi connectivity index (χ4n) is 2.10. The van der Waals surface area contributed by atoms with E-state index < -0.39 is 12.5 Å². The topological polar surface area (TPSA) is 86.5 Å². The number of anilines is 1. The van der Waals surface area contributed by atoms with E-state index in [1.54, 1.807) is 30.3 Å². The molecule has 0 atom stereocenters. The lowest BCUT2D eigenvalue weighted by molar-refractivity contribution is -0.118. The number of ether oxygens (including phenoxy) is 2. The Hall–Kier alpha value is -3.49. The van der Waals surface area contributed by atoms with Crippen molar-refractivity contribution in [3.05, 3.63) is 54.9 Å². The van der Waals surface area contributed by atoms with Crippen LogP contribution in [0.4, 0.5) is 14.5 Å². The van der Waals surface area contributed by atoms with Gasteiger partial charge in [0.2, 0.25) is 12.3 Å². The van der Waals surface area contributed by atoms with Crippen LogP contribution in [0.15, 0.2) is 59.3 Å². The zero-order chi connectivity index (χ0) is 18.4. The van der Waals surface area contributed by atoms with Gasteiger partial charge in [-0.05, 0) is 36.4 Å². The molecule has 134 valence electrons. The molecular formula is C17H13F2N3O4. The lowest BCUT2D eigenvalue weighted by Crippen LogP contribution is -2.20. The van der Waals surface area contributed by atoms with Crippen LogP contribution in [0.5, 0.6) is 11.5 Å². The highest BCUT2D eigenvalue weighted by Crippen LogP contribution is 2.25. The fraction of sp³-hybridized carbons (Fsp3) is 0.118. The van der Waals surface area contributed by atoms with Gasteiger partial charge in [0.25, 0.3) is 5.91 Å². The van der Waals surface area contributed by atoms with Crippen molar-refractivity contribution in [2.75, 3.05) is 11.9 Å². The molecule has 3 aromatic rings. The lowest BCUT2D eigenvalue weighted by atomic mass is 10.2. The maximum atomic E-state index is 12.4. The molecule has 1 aromatic heterocycles. The molecular weight excluding hydrogens is 348 g/mol. The van der Waals surface area contributed by atoms with Gasteiger partial charge in [-0.15, -0.1) is 10.2 Å². The van der Waals surface area contributed by atoms with Crippen molar-refractivity contribution in [3.8, 4) is 23.0 Å². The predicted molar refractivity (Wildman–Crippen MR) is 86.9 cm³/mol. The van der Waals surface area contributed by atoms with Gasteiger partial charge in [-0.25, -0.2) is 0 Å². The summed E-state index contributed by atoms with van der Waals surface area (Å²) in [7, 11) is 0. The monoisotopic (exact) mass is 361 g/mol. The van der Waals surface area contributed by atoms with Gasteiger partial charge in [-0.2, -0.15) is 8.78 Å². The number of hydrogen-bond acceptors (Lipinski definition) is 6. The minimum absolute atomic E-state index is 0.125. The van der Waals surface area contributed by atoms with E-state index >= 15 is 0 Å². The van der Waals surface area contributed by atoms with E-state index in [-0.39, 0.29) is 18.0 Å². The zero-order valence-corrected chi connectivity index (χ0v) is 13.3. The van der Waals surface area contributed by atoms with Gasteiger partial charge >= 0.3 is 6.61 Å². The molecule has 0 spiro atoms. The Labute approximate surface area is 146 Å². The molecule has 0 saturated carbocycles. The second-order valence-corrected chi connectivity index (χ2v) is 4.98. The van der Waals surface area contributed by atoms with Crippen molar-refractivity contribution in [1.82, 2.24) is 10.2 Å². The van der Waals surface area contributed by atoms with Gasteiger partial charge in [0.05, 0.1) is 5.69 Å². The molecule has 0 unspecified atom stereocenters. The van der Waals surface area contributed by atoms with Crippen LogP contribution in [0.2, 0.25) is 0 Å². The molecule has 0 saturated heterocycles. The van der Waals surface area contributed by atoms with Crippen LogP contribution >= 0.6 is 0 Å². The molecule has 7 nitrogen and oxygen atoms in total. The van der Waals surface area contributed by atoms with E-state index in [4.69, 9.17) is 9.15 Å². The summed E-state index contributed by atoms with van der Waals surface area (Å²) in [6, 6.07) is 12.6. The maximum absolute atomic E-state index is 12.4. The minimum atomic E-state index is -2.98. The molecule has 0 radical (unpaired) electrons. The first-order chi connectivity index (χ1) is 12.6. The molecule has 1 amide bonds. The summed E-state index contributed by atoms with van der Waals surface area (Å²) < 4.78 is 39.5. The Morgan fingerprint density at radius 3 is 2.62 bits per heavy atom. The van der Waals surface area contributed by atoms with E-state index in [1.165, 1.54) is 24.6 Å². The van der Waals surface area contributed by atoms with Gasteiger partial charge < -0.3 is 19.2 Å². The first-order valence-electron chi connectivity index (χ1n) is 7.45. The summed E-state index contributed by atoms with van der Waals surface area (Å²) in [6.07, 6.45) is 1.22. The number of carbonyl (C=O) groups excluding carboxylic acids is 1. The fourth-order valence-corrected chi connectivity index (χ4v) is 2.10. The van der Waals surface area contributed by atoms with Gasteiger partial charge in [-0.3, -0.25) is 4.79 Å². The van der Waals surface area contributed by atoms with Gasteiger partial charge in [0.15, 0.2) is 6.61 Å². The Kier molecular flexibility index (Phi) is 5.37. The highest BCUT2D eigenvalue weighted by Gasteiger charge is 2.12. The first kappa shape index (κ1) is 17.3. The number of para-hydroxylation sites is 2. The van der Waals surface area contributed by atoms with Crippen molar-refractivity contribution in [2.24, 2.45) is 0 Å². The normalized spacial score (nSPS) is 10.6. The second kappa shape index (κ2) is 8.06. The average Bonchev–Trinajstić information content (AvgIpc) is 3.16. The number of alkyl halides is 2. The molecule has 26 heavy (non-hydrogen) atoms. The van der Waals surface area contributed by atoms with Crippen LogP contribution in [-0.4, -0.2) is 29.3 Å². The minimum Gasteiger partial charge on any atom is -0.484 e. The summed E-state index contributed by atoms with van der Waals surface area (Å²) in [5.74, 6) is 0.168. The van der Waals surface area contributed by atoms with Gasteiger partial charge in [0, 0.05) is 5.56 Å². The highest BCUT2D eigenvalue weighted by molar-refractivity contribution is 5.93. The predicted octanol–water partition coefficient (Wildman–Crippen LogP) is 3.36. The van der Waals surface area contributed by atoms with E-state index in [1.807, 2.05) is 0 Å². The van der Waals surface area contributed by atoms with Crippen molar-refractivity contribution in [3.63, 3.8) is 0 Å². The summed E-state index contributed by atoms with van der Waals surface area (Å²) in [4.78, 5) is 12.0. The molecule has 0 fully saturated rings. The molecule has 0 bridgehead atoms. The number of amides is 1. The third-order valence-electron chi connectivity index (χ3n) is 3.21. The first-order valence-corrected chi connectivity index (χ1v) is 7.45. The third kappa shape index (κ3) is 4.53. The van der Waals surface area contributed by atoms with E-state index in [9.17, 15) is 13.6 Å². The molecule has 1 heterocycles. The number of hydrogen-bond donors (Lipinski definition) is 1. The molecule has 0 aliphatic rings. The standard InChI is InChI=1S/C17H13F2N3O4/c18-17(19)26-14-4-2-1-3-13(14)21-15(23)9-24-12-7-5-11(6-8-12)16-22-20-10-25-16/h1-8,10,17H,9H2,(H,21,23). The van der Waals surface area contributed by atoms with Crippen LogP contribution in [0.1, 0.15) is 0 Å². The molecule has 2 aromatic carbocycles. The Balaban J connectivity index is 1.56. The second-order valence-electron chi connectivity index (χ2n) is 4.98. The number of aromatic nitrogens is 2. The van der Waals surface area contributed by atoms with Crippen LogP contribution in [0, 0.1) is 0 Å². The maximum Gasteiger partial charge on any atom is 0.387 e. The van der Waals surface area contributed by atoms with Crippen LogP contribution < -0.4 is 14.8 Å². The SMILES string of the molecule is O=C(COc1ccc(-c2nnco2)cc1)Nc1ccccc1OC(F)F. The van der Waals surface area contributed by atoms with Crippen molar-refractivity contribution in [2.45, 2.75) is 6.61 Å². The Bertz CT molecular complexity index is 855. The molecule has 9 heteroatoms. The number of carbonyl (C=O) groups is 1. The van der Waals surface area contributed by atoms with Crippen molar-refractivity contribution >= 4 is 11.6 Å². The molecule has 0 aliphatic heterocycles. The highest BCUT2D eigenvalue weighted by atomic mass is 19.3. The van der Waals surface area contributed by atoms with Crippen LogP contribution in [-0.2, 0) is 4.79 Å². The summed E-state index contributed by atoms with van der Waals surface area (Å²) >= 11 is 0. The van der Waals surface area contributed by atoms with E-state index in [2.05, 4.69) is 20.3 Å². The largest absolute Gasteiger partial charge is 0.484 e. The third-order valence-corrected chi connectivity index (χ3v) is 3.21. The average molecular weight is 361 g/mol. The van der Waals surface area contributed by atoms with Crippen molar-refractivity contribution in [1.29, 1.82) is 0 Å². The number of nitrogens with one attached hydrogen (secondary N) is 1. The number of benzene rings is 2. The summed E-state index contributed by atoms with van der Waals surface area (Å²) in [6.45, 7) is -3.29. The Morgan fingerprint density at radius 1 is 1.15 bits per heavy atom. The van der Waals surface area contributed by atoms with Gasteiger partial charge in [0.1, 0.15) is 11.5 Å². The number of rotatable bonds is 7. The summed E-state index contributed by atoms with van der Waals surface area (Å²) in [5.41, 5.74) is 0.838. The van der Waals surface area contributed by atoms with Gasteiger partial charge in [-0.1, -0.05) is 12.1 Å². The molecule has 1 N–H and O–H groups in total. The number of halogens is 2.